The highest BCUT2D eigenvalue weighted by Gasteiger charge is 2.28. The van der Waals surface area contributed by atoms with Gasteiger partial charge in [-0.25, -0.2) is 18.9 Å². The maximum Gasteiger partial charge on any atom is 0.259 e. The number of halogens is 1. The second kappa shape index (κ2) is 6.89. The Morgan fingerprint density at radius 1 is 1.28 bits per heavy atom. The van der Waals surface area contributed by atoms with E-state index in [1.165, 1.54) is 21.8 Å². The molecule has 5 heterocycles. The van der Waals surface area contributed by atoms with E-state index in [9.17, 15) is 9.18 Å². The van der Waals surface area contributed by atoms with Crippen LogP contribution in [0.2, 0.25) is 0 Å². The fraction of sp³-hybridized carbons (Fsp3) is 0.368. The fourth-order valence-corrected chi connectivity index (χ4v) is 4.87. The van der Waals surface area contributed by atoms with E-state index in [1.54, 1.807) is 30.1 Å². The molecule has 1 aliphatic heterocycles. The molecule has 4 aromatic rings. The minimum atomic E-state index is -0.968. The first-order chi connectivity index (χ1) is 14.0. The van der Waals surface area contributed by atoms with Crippen molar-refractivity contribution < 1.29 is 9.13 Å². The van der Waals surface area contributed by atoms with Gasteiger partial charge in [-0.05, 0) is 19.9 Å². The third kappa shape index (κ3) is 3.08. The van der Waals surface area contributed by atoms with Crippen LogP contribution in [0.15, 0.2) is 29.3 Å². The summed E-state index contributed by atoms with van der Waals surface area (Å²) in [6, 6.07) is 3.16. The monoisotopic (exact) mass is 414 g/mol. The summed E-state index contributed by atoms with van der Waals surface area (Å²) >= 11 is 1.35. The number of imidazole rings is 1. The molecule has 1 saturated heterocycles. The molecular weight excluding hydrogens is 395 g/mol. The van der Waals surface area contributed by atoms with Crippen LogP contribution in [0.4, 0.5) is 4.39 Å². The van der Waals surface area contributed by atoms with Gasteiger partial charge in [0.1, 0.15) is 11.9 Å². The summed E-state index contributed by atoms with van der Waals surface area (Å²) in [6.45, 7) is 2.97. The summed E-state index contributed by atoms with van der Waals surface area (Å²) in [5.41, 5.74) is 2.13. The molecule has 1 aliphatic rings. The molecule has 10 heteroatoms. The molecule has 0 saturated carbocycles. The molecule has 0 unspecified atom stereocenters. The summed E-state index contributed by atoms with van der Waals surface area (Å²) in [5.74, 6) is 0.334. The number of nitrogens with zero attached hydrogens (tertiary/aromatic N) is 5. The van der Waals surface area contributed by atoms with Crippen LogP contribution in [0.1, 0.15) is 22.9 Å². The molecule has 0 spiro atoms. The molecule has 0 bridgehead atoms. The average Bonchev–Trinajstić information content (AvgIpc) is 3.30. The number of alkyl halides is 1. The molecule has 1 fully saturated rings. The molecule has 0 radical (unpaired) electrons. The largest absolute Gasteiger partial charge is 0.493 e. The van der Waals surface area contributed by atoms with Crippen molar-refractivity contribution in [3.05, 3.63) is 45.5 Å². The highest BCUT2D eigenvalue weighted by Crippen LogP contribution is 2.33. The van der Waals surface area contributed by atoms with Crippen LogP contribution in [0.3, 0.4) is 0 Å². The van der Waals surface area contributed by atoms with Crippen molar-refractivity contribution in [3.8, 4) is 17.1 Å². The highest BCUT2D eigenvalue weighted by molar-refractivity contribution is 7.17. The number of nitrogens with one attached hydrogen (secondary N) is 1. The number of aryl methyl sites for hydroxylation is 1. The number of hydrogen-bond donors (Lipinski definition) is 1. The third-order valence-electron chi connectivity index (χ3n) is 5.15. The van der Waals surface area contributed by atoms with Crippen molar-refractivity contribution in [1.82, 2.24) is 29.3 Å². The van der Waals surface area contributed by atoms with E-state index in [0.29, 0.717) is 40.7 Å². The standard InChI is InChI=1S/C19H19FN6O2S/c1-10-8-26-18(22-10)15(28-2)5-14(24-26)13-6-17(27)25-9-16(29-19(25)23-13)11-3-4-21-7-12(11)20/h5-6,8-9,11-12,21H,3-4,7H2,1-2H3/t11-,12+/m1/s1. The summed E-state index contributed by atoms with van der Waals surface area (Å²) < 4.78 is 22.9. The Morgan fingerprint density at radius 3 is 2.93 bits per heavy atom. The number of aromatic nitrogens is 5. The van der Waals surface area contributed by atoms with Gasteiger partial charge in [-0.1, -0.05) is 0 Å². The number of ether oxygens (including phenoxy) is 1. The van der Waals surface area contributed by atoms with Gasteiger partial charge < -0.3 is 10.1 Å². The topological polar surface area (TPSA) is 85.8 Å². The summed E-state index contributed by atoms with van der Waals surface area (Å²) in [5, 5.41) is 7.59. The Balaban J connectivity index is 1.63. The number of piperidine rings is 1. The number of hydrogen-bond acceptors (Lipinski definition) is 7. The second-order valence-electron chi connectivity index (χ2n) is 7.13. The lowest BCUT2D eigenvalue weighted by Gasteiger charge is -2.25. The Morgan fingerprint density at radius 2 is 2.14 bits per heavy atom. The predicted molar refractivity (Wildman–Crippen MR) is 108 cm³/mol. The van der Waals surface area contributed by atoms with Gasteiger partial charge in [0.05, 0.1) is 24.7 Å². The normalized spacial score (nSPS) is 19.8. The minimum Gasteiger partial charge on any atom is -0.493 e. The number of methoxy groups -OCH3 is 1. The SMILES string of the molecule is COc1cc(-c2cc(=O)n3cc([C@@H]4CCNC[C@@H]4F)sc3n2)nn2cc(C)nc12. The smallest absolute Gasteiger partial charge is 0.259 e. The quantitative estimate of drug-likeness (QED) is 0.553. The lowest BCUT2D eigenvalue weighted by atomic mass is 9.95. The molecule has 150 valence electrons. The zero-order chi connectivity index (χ0) is 20.1. The highest BCUT2D eigenvalue weighted by atomic mass is 32.1. The summed E-state index contributed by atoms with van der Waals surface area (Å²) in [6.07, 6.45) is 3.24. The number of thiazole rings is 1. The van der Waals surface area contributed by atoms with Crippen molar-refractivity contribution in [3.63, 3.8) is 0 Å². The molecule has 0 amide bonds. The van der Waals surface area contributed by atoms with Crippen molar-refractivity contribution in [1.29, 1.82) is 0 Å². The summed E-state index contributed by atoms with van der Waals surface area (Å²) in [7, 11) is 1.56. The Bertz CT molecular complexity index is 1280. The molecule has 29 heavy (non-hydrogen) atoms. The minimum absolute atomic E-state index is 0.214. The maximum atomic E-state index is 14.3. The van der Waals surface area contributed by atoms with Crippen LogP contribution in [0.25, 0.3) is 22.0 Å². The Kier molecular flexibility index (Phi) is 4.32. The fourth-order valence-electron chi connectivity index (χ4n) is 3.70. The van der Waals surface area contributed by atoms with Crippen LogP contribution in [-0.2, 0) is 0 Å². The third-order valence-corrected chi connectivity index (χ3v) is 6.27. The number of fused-ring (bicyclic) bond motifs is 2. The van der Waals surface area contributed by atoms with Gasteiger partial charge in [0.2, 0.25) is 0 Å². The van der Waals surface area contributed by atoms with E-state index in [2.05, 4.69) is 20.4 Å². The second-order valence-corrected chi connectivity index (χ2v) is 8.17. The molecule has 0 aromatic carbocycles. The number of rotatable bonds is 3. The lowest BCUT2D eigenvalue weighted by molar-refractivity contribution is 0.233. The zero-order valence-corrected chi connectivity index (χ0v) is 16.7. The molecule has 5 rings (SSSR count). The summed E-state index contributed by atoms with van der Waals surface area (Å²) in [4.78, 5) is 23.1. The predicted octanol–water partition coefficient (Wildman–Crippen LogP) is 2.20. The first-order valence-electron chi connectivity index (χ1n) is 9.33. The van der Waals surface area contributed by atoms with Crippen molar-refractivity contribution in [2.24, 2.45) is 0 Å². The van der Waals surface area contributed by atoms with E-state index in [1.807, 2.05) is 6.92 Å². The average molecular weight is 414 g/mol. The molecule has 8 nitrogen and oxygen atoms in total. The van der Waals surface area contributed by atoms with Crippen molar-refractivity contribution in [2.75, 3.05) is 20.2 Å². The van der Waals surface area contributed by atoms with Crippen LogP contribution in [0.5, 0.6) is 5.75 Å². The van der Waals surface area contributed by atoms with E-state index >= 15 is 0 Å². The molecule has 2 atom stereocenters. The molecule has 0 aliphatic carbocycles. The Labute approximate surface area is 169 Å². The van der Waals surface area contributed by atoms with Gasteiger partial charge in [-0.3, -0.25) is 9.20 Å². The van der Waals surface area contributed by atoms with Gasteiger partial charge in [-0.15, -0.1) is 11.3 Å². The van der Waals surface area contributed by atoms with Gasteiger partial charge >= 0.3 is 0 Å². The van der Waals surface area contributed by atoms with Gasteiger partial charge in [0.15, 0.2) is 16.4 Å². The molecule has 1 N–H and O–H groups in total. The van der Waals surface area contributed by atoms with Gasteiger partial charge in [0, 0.05) is 35.7 Å². The van der Waals surface area contributed by atoms with Gasteiger partial charge in [-0.2, -0.15) is 5.10 Å². The Hall–Kier alpha value is -2.85. The van der Waals surface area contributed by atoms with Crippen molar-refractivity contribution in [2.45, 2.75) is 25.4 Å². The van der Waals surface area contributed by atoms with Crippen LogP contribution in [-0.4, -0.2) is 50.4 Å². The van der Waals surface area contributed by atoms with Crippen LogP contribution >= 0.6 is 11.3 Å². The van der Waals surface area contributed by atoms with E-state index in [4.69, 9.17) is 4.74 Å². The van der Waals surface area contributed by atoms with Gasteiger partial charge in [0.25, 0.3) is 5.56 Å². The van der Waals surface area contributed by atoms with Crippen molar-refractivity contribution >= 4 is 21.9 Å². The first kappa shape index (κ1) is 18.2. The van der Waals surface area contributed by atoms with Crippen LogP contribution < -0.4 is 15.6 Å². The van der Waals surface area contributed by atoms with E-state index in [-0.39, 0.29) is 11.5 Å². The maximum absolute atomic E-state index is 14.3. The molecular formula is C19H19FN6O2S. The molecule has 4 aromatic heterocycles. The zero-order valence-electron chi connectivity index (χ0n) is 15.9. The first-order valence-corrected chi connectivity index (χ1v) is 10.1. The van der Waals surface area contributed by atoms with E-state index < -0.39 is 6.17 Å². The lowest BCUT2D eigenvalue weighted by Crippen LogP contribution is -2.36. The van der Waals surface area contributed by atoms with Crippen LogP contribution in [0, 0.1) is 6.92 Å². The van der Waals surface area contributed by atoms with E-state index in [0.717, 1.165) is 17.1 Å².